The van der Waals surface area contributed by atoms with E-state index in [-0.39, 0.29) is 5.52 Å². The van der Waals surface area contributed by atoms with Crippen molar-refractivity contribution < 1.29 is 8.78 Å². The molecule has 0 aliphatic carbocycles. The SMILES string of the molecule is Fc1ccc2c(CN(Cc3ccccn3)c3ccncn3)ccnc2c1F. The van der Waals surface area contributed by atoms with Crippen LogP contribution in [0.1, 0.15) is 11.3 Å². The first-order valence-corrected chi connectivity index (χ1v) is 8.35. The molecule has 0 spiro atoms. The minimum Gasteiger partial charge on any atom is -0.346 e. The molecule has 7 heteroatoms. The average Bonchev–Trinajstić information content (AvgIpc) is 2.72. The Balaban J connectivity index is 1.74. The second-order valence-corrected chi connectivity index (χ2v) is 5.97. The first-order chi connectivity index (χ1) is 13.2. The van der Waals surface area contributed by atoms with Gasteiger partial charge in [0, 0.05) is 30.5 Å². The van der Waals surface area contributed by atoms with Crippen LogP contribution in [-0.2, 0) is 13.1 Å². The zero-order valence-corrected chi connectivity index (χ0v) is 14.3. The van der Waals surface area contributed by atoms with Gasteiger partial charge < -0.3 is 4.90 Å². The van der Waals surface area contributed by atoms with Gasteiger partial charge in [-0.25, -0.2) is 18.7 Å². The molecule has 4 rings (SSSR count). The van der Waals surface area contributed by atoms with Crippen molar-refractivity contribution in [1.82, 2.24) is 19.9 Å². The fourth-order valence-electron chi connectivity index (χ4n) is 2.94. The first kappa shape index (κ1) is 17.0. The van der Waals surface area contributed by atoms with Crippen molar-refractivity contribution >= 4 is 16.7 Å². The van der Waals surface area contributed by atoms with Crippen molar-refractivity contribution in [3.63, 3.8) is 0 Å². The largest absolute Gasteiger partial charge is 0.346 e. The van der Waals surface area contributed by atoms with Gasteiger partial charge in [-0.2, -0.15) is 0 Å². The lowest BCUT2D eigenvalue weighted by Gasteiger charge is -2.24. The molecular formula is C20H15F2N5. The molecular weight excluding hydrogens is 348 g/mol. The smallest absolute Gasteiger partial charge is 0.184 e. The van der Waals surface area contributed by atoms with E-state index in [1.165, 1.54) is 12.5 Å². The summed E-state index contributed by atoms with van der Waals surface area (Å²) >= 11 is 0. The predicted octanol–water partition coefficient (Wildman–Crippen LogP) is 3.90. The van der Waals surface area contributed by atoms with Crippen LogP contribution in [0.25, 0.3) is 10.9 Å². The van der Waals surface area contributed by atoms with E-state index in [9.17, 15) is 8.78 Å². The molecule has 0 unspecified atom stereocenters. The van der Waals surface area contributed by atoms with Gasteiger partial charge in [0.1, 0.15) is 17.7 Å². The van der Waals surface area contributed by atoms with E-state index in [0.717, 1.165) is 17.3 Å². The van der Waals surface area contributed by atoms with Crippen LogP contribution in [0, 0.1) is 11.6 Å². The Morgan fingerprint density at radius 3 is 2.52 bits per heavy atom. The van der Waals surface area contributed by atoms with Crippen LogP contribution in [0.4, 0.5) is 14.6 Å². The lowest BCUT2D eigenvalue weighted by Crippen LogP contribution is -2.24. The summed E-state index contributed by atoms with van der Waals surface area (Å²) in [6.45, 7) is 0.934. The standard InChI is InChI=1S/C20H15F2N5/c21-17-5-4-16-14(6-10-25-20(16)19(17)22)11-27(18-7-9-23-13-26-18)12-15-3-1-2-8-24-15/h1-10,13H,11-12H2. The summed E-state index contributed by atoms with van der Waals surface area (Å²) in [5, 5.41) is 0.566. The number of hydrogen-bond donors (Lipinski definition) is 0. The summed E-state index contributed by atoms with van der Waals surface area (Å²) < 4.78 is 27.6. The predicted molar refractivity (Wildman–Crippen MR) is 97.8 cm³/mol. The van der Waals surface area contributed by atoms with E-state index in [1.54, 1.807) is 30.6 Å². The summed E-state index contributed by atoms with van der Waals surface area (Å²) in [5.74, 6) is -1.14. The summed E-state index contributed by atoms with van der Waals surface area (Å²) in [6.07, 6.45) is 6.35. The molecule has 0 bridgehead atoms. The fourth-order valence-corrected chi connectivity index (χ4v) is 2.94. The van der Waals surface area contributed by atoms with Gasteiger partial charge in [0.25, 0.3) is 0 Å². The minimum absolute atomic E-state index is 0.0213. The van der Waals surface area contributed by atoms with E-state index < -0.39 is 11.6 Å². The maximum absolute atomic E-state index is 14.1. The second kappa shape index (κ2) is 7.41. The van der Waals surface area contributed by atoms with E-state index in [0.29, 0.717) is 24.3 Å². The van der Waals surface area contributed by atoms with Gasteiger partial charge in [0.05, 0.1) is 12.2 Å². The Morgan fingerprint density at radius 2 is 1.74 bits per heavy atom. The highest BCUT2D eigenvalue weighted by molar-refractivity contribution is 5.82. The normalized spacial score (nSPS) is 10.9. The van der Waals surface area contributed by atoms with Crippen LogP contribution in [0.15, 0.2) is 67.4 Å². The topological polar surface area (TPSA) is 54.8 Å². The van der Waals surface area contributed by atoms with Crippen molar-refractivity contribution in [3.05, 3.63) is 90.3 Å². The molecule has 0 N–H and O–H groups in total. The molecule has 27 heavy (non-hydrogen) atoms. The fraction of sp³-hybridized carbons (Fsp3) is 0.100. The maximum Gasteiger partial charge on any atom is 0.184 e. The van der Waals surface area contributed by atoms with Crippen LogP contribution in [0.2, 0.25) is 0 Å². The van der Waals surface area contributed by atoms with Gasteiger partial charge in [-0.1, -0.05) is 6.07 Å². The Labute approximate surface area is 154 Å². The number of pyridine rings is 2. The summed E-state index contributed by atoms with van der Waals surface area (Å²) in [6, 6.07) is 12.0. The summed E-state index contributed by atoms with van der Waals surface area (Å²) in [7, 11) is 0. The van der Waals surface area contributed by atoms with E-state index in [4.69, 9.17) is 0 Å². The second-order valence-electron chi connectivity index (χ2n) is 5.97. The Kier molecular flexibility index (Phi) is 4.65. The van der Waals surface area contributed by atoms with Crippen molar-refractivity contribution in [1.29, 1.82) is 0 Å². The quantitative estimate of drug-likeness (QED) is 0.538. The van der Waals surface area contributed by atoms with Gasteiger partial charge in [0.15, 0.2) is 11.6 Å². The number of hydrogen-bond acceptors (Lipinski definition) is 5. The lowest BCUT2D eigenvalue weighted by molar-refractivity contribution is 0.515. The van der Waals surface area contributed by atoms with E-state index in [2.05, 4.69) is 19.9 Å². The van der Waals surface area contributed by atoms with Gasteiger partial charge >= 0.3 is 0 Å². The molecule has 134 valence electrons. The molecule has 3 aromatic heterocycles. The molecule has 1 aromatic carbocycles. The first-order valence-electron chi connectivity index (χ1n) is 8.35. The highest BCUT2D eigenvalue weighted by Crippen LogP contribution is 2.24. The summed E-state index contributed by atoms with van der Waals surface area (Å²) in [4.78, 5) is 18.6. The molecule has 0 amide bonds. The number of fused-ring (bicyclic) bond motifs is 1. The zero-order valence-electron chi connectivity index (χ0n) is 14.3. The van der Waals surface area contributed by atoms with Crippen molar-refractivity contribution in [2.24, 2.45) is 0 Å². The molecule has 5 nitrogen and oxygen atoms in total. The zero-order chi connectivity index (χ0) is 18.6. The molecule has 0 atom stereocenters. The summed E-state index contributed by atoms with van der Waals surface area (Å²) in [5.41, 5.74) is 1.70. The van der Waals surface area contributed by atoms with Crippen molar-refractivity contribution in [3.8, 4) is 0 Å². The number of nitrogens with zero attached hydrogens (tertiary/aromatic N) is 5. The van der Waals surface area contributed by atoms with E-state index >= 15 is 0 Å². The van der Waals surface area contributed by atoms with Gasteiger partial charge in [-0.05, 0) is 42.0 Å². The minimum atomic E-state index is -0.937. The number of halogens is 2. The molecule has 0 aliphatic heterocycles. The molecule has 0 saturated heterocycles. The highest BCUT2D eigenvalue weighted by Gasteiger charge is 2.15. The third-order valence-electron chi connectivity index (χ3n) is 4.22. The van der Waals surface area contributed by atoms with E-state index in [1.807, 2.05) is 23.1 Å². The van der Waals surface area contributed by atoms with Gasteiger partial charge in [-0.3, -0.25) is 9.97 Å². The maximum atomic E-state index is 14.1. The molecule has 4 aromatic rings. The molecule has 0 saturated carbocycles. The molecule has 0 aliphatic rings. The molecule has 0 fully saturated rings. The monoisotopic (exact) mass is 363 g/mol. The Morgan fingerprint density at radius 1 is 0.815 bits per heavy atom. The Hall–Kier alpha value is -3.48. The van der Waals surface area contributed by atoms with Crippen molar-refractivity contribution in [2.75, 3.05) is 4.90 Å². The highest BCUT2D eigenvalue weighted by atomic mass is 19.2. The van der Waals surface area contributed by atoms with Gasteiger partial charge in [0.2, 0.25) is 0 Å². The number of aromatic nitrogens is 4. The third kappa shape index (κ3) is 3.57. The lowest BCUT2D eigenvalue weighted by atomic mass is 10.1. The third-order valence-corrected chi connectivity index (χ3v) is 4.22. The van der Waals surface area contributed by atoms with Crippen LogP contribution < -0.4 is 4.90 Å². The number of benzene rings is 1. The van der Waals surface area contributed by atoms with Crippen LogP contribution in [0.5, 0.6) is 0 Å². The van der Waals surface area contributed by atoms with Crippen LogP contribution >= 0.6 is 0 Å². The van der Waals surface area contributed by atoms with Crippen LogP contribution in [0.3, 0.4) is 0 Å². The average molecular weight is 363 g/mol. The number of rotatable bonds is 5. The number of anilines is 1. The Bertz CT molecular complexity index is 1060. The van der Waals surface area contributed by atoms with Gasteiger partial charge in [-0.15, -0.1) is 0 Å². The molecule has 0 radical (unpaired) electrons. The van der Waals surface area contributed by atoms with Crippen molar-refractivity contribution in [2.45, 2.75) is 13.1 Å². The molecule has 3 heterocycles. The van der Waals surface area contributed by atoms with Crippen LogP contribution in [-0.4, -0.2) is 19.9 Å².